The lowest BCUT2D eigenvalue weighted by Crippen LogP contribution is -2.46. The van der Waals surface area contributed by atoms with E-state index < -0.39 is 23.0 Å². The van der Waals surface area contributed by atoms with Crippen LogP contribution in [0.5, 0.6) is 0 Å². The summed E-state index contributed by atoms with van der Waals surface area (Å²) in [5.74, 6) is -0.767. The van der Waals surface area contributed by atoms with Gasteiger partial charge in [-0.05, 0) is 60.6 Å². The minimum atomic E-state index is -4.43. The summed E-state index contributed by atoms with van der Waals surface area (Å²) in [4.78, 5) is 30.2. The first-order valence-electron chi connectivity index (χ1n) is 8.30. The van der Waals surface area contributed by atoms with Crippen molar-refractivity contribution in [1.29, 1.82) is 5.41 Å². The van der Waals surface area contributed by atoms with E-state index >= 15 is 0 Å². The van der Waals surface area contributed by atoms with E-state index in [-0.39, 0.29) is 40.3 Å². The molecule has 3 amide bonds. The Morgan fingerprint density at radius 1 is 1.28 bits per heavy atom. The van der Waals surface area contributed by atoms with Crippen molar-refractivity contribution in [2.24, 2.45) is 5.73 Å². The number of halogens is 3. The first kappa shape index (κ1) is 20.6. The van der Waals surface area contributed by atoms with E-state index in [9.17, 15) is 22.8 Å². The summed E-state index contributed by atoms with van der Waals surface area (Å²) in [5.41, 5.74) is 0.782. The Morgan fingerprint density at radius 3 is 2.52 bits per heavy atom. The highest BCUT2D eigenvalue weighted by molar-refractivity contribution is 8.00. The number of anilines is 1. The normalized spacial score (nSPS) is 19.4. The number of hydrogen-bond donors (Lipinski definition) is 3. The number of amidine groups is 1. The lowest BCUT2D eigenvalue weighted by atomic mass is 9.93. The Kier molecular flexibility index (Phi) is 5.26. The van der Waals surface area contributed by atoms with Gasteiger partial charge in [0.1, 0.15) is 17.1 Å². The lowest BCUT2D eigenvalue weighted by Gasteiger charge is -2.22. The van der Waals surface area contributed by atoms with Crippen molar-refractivity contribution >= 4 is 35.2 Å². The summed E-state index contributed by atoms with van der Waals surface area (Å²) in [6.07, 6.45) is 1.57. The predicted molar refractivity (Wildman–Crippen MR) is 102 cm³/mol. The number of nitrogen functional groups attached to an aromatic ring is 1. The number of nitrogens with one attached hydrogen (secondary N) is 2. The van der Waals surface area contributed by atoms with Gasteiger partial charge in [0.05, 0.1) is 5.69 Å². The predicted octanol–water partition coefficient (Wildman–Crippen LogP) is 3.04. The number of alkyl halides is 3. The summed E-state index contributed by atoms with van der Waals surface area (Å²) in [7, 11) is 0. The van der Waals surface area contributed by atoms with Gasteiger partial charge in [-0.15, -0.1) is 0 Å². The molecule has 1 fully saturated rings. The zero-order chi connectivity index (χ0) is 21.4. The molecule has 1 aromatic heterocycles. The van der Waals surface area contributed by atoms with Crippen molar-refractivity contribution in [2.75, 3.05) is 4.90 Å². The number of rotatable bonds is 5. The van der Waals surface area contributed by atoms with Crippen LogP contribution in [0, 0.1) is 5.41 Å². The van der Waals surface area contributed by atoms with Crippen LogP contribution in [0.1, 0.15) is 18.2 Å². The van der Waals surface area contributed by atoms with Gasteiger partial charge >= 0.3 is 11.5 Å². The molecule has 2 heterocycles. The third-order valence-electron chi connectivity index (χ3n) is 4.25. The molecule has 1 unspecified atom stereocenters. The number of benzene rings is 1. The number of carbonyl (C=O) groups excluding carboxylic acids is 2. The average molecular weight is 423 g/mol. The molecule has 4 N–H and O–H groups in total. The summed E-state index contributed by atoms with van der Waals surface area (Å²) < 4.78 is 37.4. The SMILES string of the molecule is CC1(Cc2ccnc(C(=N)N)c2)NC(=O)N(c2ccc(SC(F)(F)F)cc2)C1=O. The molecular weight excluding hydrogens is 407 g/mol. The fourth-order valence-corrected chi connectivity index (χ4v) is 3.51. The lowest BCUT2D eigenvalue weighted by molar-refractivity contribution is -0.121. The summed E-state index contributed by atoms with van der Waals surface area (Å²) in [6, 6.07) is 7.50. The quantitative estimate of drug-likeness (QED) is 0.296. The molecule has 0 saturated carbocycles. The summed E-state index contributed by atoms with van der Waals surface area (Å²) in [5, 5.41) is 10.1. The second-order valence-electron chi connectivity index (χ2n) is 6.58. The van der Waals surface area contributed by atoms with Gasteiger partial charge in [-0.1, -0.05) is 0 Å². The van der Waals surface area contributed by atoms with Crippen molar-refractivity contribution in [2.45, 2.75) is 29.3 Å². The number of thioether (sulfide) groups is 1. The molecule has 1 aliphatic heterocycles. The molecule has 2 aromatic rings. The van der Waals surface area contributed by atoms with Crippen LogP contribution >= 0.6 is 11.8 Å². The molecule has 7 nitrogen and oxygen atoms in total. The van der Waals surface area contributed by atoms with Gasteiger partial charge in [0.25, 0.3) is 5.91 Å². The number of pyridine rings is 1. The molecule has 0 spiro atoms. The maximum atomic E-state index is 12.9. The molecule has 1 aromatic carbocycles. The minimum absolute atomic E-state index is 0.0513. The number of carbonyl (C=O) groups is 2. The molecule has 152 valence electrons. The van der Waals surface area contributed by atoms with Crippen molar-refractivity contribution in [1.82, 2.24) is 10.3 Å². The van der Waals surface area contributed by atoms with E-state index in [0.29, 0.717) is 5.56 Å². The topological polar surface area (TPSA) is 112 Å². The van der Waals surface area contributed by atoms with Crippen LogP contribution in [0.25, 0.3) is 0 Å². The molecule has 0 aliphatic carbocycles. The Balaban J connectivity index is 1.82. The number of aromatic nitrogens is 1. The molecule has 11 heteroatoms. The van der Waals surface area contributed by atoms with Crippen LogP contribution in [-0.4, -0.2) is 33.8 Å². The molecule has 29 heavy (non-hydrogen) atoms. The largest absolute Gasteiger partial charge is 0.446 e. The van der Waals surface area contributed by atoms with Crippen LogP contribution < -0.4 is 16.0 Å². The number of hydrogen-bond acceptors (Lipinski definition) is 5. The summed E-state index contributed by atoms with van der Waals surface area (Å²) >= 11 is -0.279. The van der Waals surface area contributed by atoms with Crippen LogP contribution in [0.15, 0.2) is 47.5 Å². The number of imide groups is 1. The van der Waals surface area contributed by atoms with Crippen LogP contribution in [-0.2, 0) is 11.2 Å². The van der Waals surface area contributed by atoms with E-state index in [4.69, 9.17) is 11.1 Å². The Bertz CT molecular complexity index is 980. The number of urea groups is 1. The summed E-state index contributed by atoms with van der Waals surface area (Å²) in [6.45, 7) is 1.55. The van der Waals surface area contributed by atoms with Gasteiger partial charge in [0.2, 0.25) is 0 Å². The smallest absolute Gasteiger partial charge is 0.382 e. The van der Waals surface area contributed by atoms with Crippen molar-refractivity contribution < 1.29 is 22.8 Å². The molecular formula is C18H16F3N5O2S. The van der Waals surface area contributed by atoms with Crippen molar-refractivity contribution in [3.05, 3.63) is 53.9 Å². The monoisotopic (exact) mass is 423 g/mol. The number of amides is 3. The van der Waals surface area contributed by atoms with Crippen molar-refractivity contribution in [3.63, 3.8) is 0 Å². The standard InChI is InChI=1S/C18H16F3N5O2S/c1-17(9-10-6-7-24-13(8-10)14(22)23)15(27)26(16(28)25-17)11-2-4-12(5-3-11)29-18(19,20)21/h2-8H,9H2,1H3,(H3,22,23)(H,25,28). The Morgan fingerprint density at radius 2 is 1.93 bits per heavy atom. The maximum Gasteiger partial charge on any atom is 0.446 e. The second-order valence-corrected chi connectivity index (χ2v) is 7.72. The molecule has 0 radical (unpaired) electrons. The van der Waals surface area contributed by atoms with Gasteiger partial charge in [0.15, 0.2) is 0 Å². The van der Waals surface area contributed by atoms with E-state index in [1.54, 1.807) is 19.1 Å². The van der Waals surface area contributed by atoms with E-state index in [1.807, 2.05) is 0 Å². The first-order chi connectivity index (χ1) is 13.5. The van der Waals surface area contributed by atoms with Gasteiger partial charge in [-0.2, -0.15) is 13.2 Å². The first-order valence-corrected chi connectivity index (χ1v) is 9.12. The molecule has 1 aliphatic rings. The van der Waals surface area contributed by atoms with Crippen LogP contribution in [0.2, 0.25) is 0 Å². The van der Waals surface area contributed by atoms with Crippen LogP contribution in [0.3, 0.4) is 0 Å². The number of nitrogens with two attached hydrogens (primary N) is 1. The highest BCUT2D eigenvalue weighted by Crippen LogP contribution is 2.38. The van der Waals surface area contributed by atoms with Gasteiger partial charge in [0, 0.05) is 17.5 Å². The van der Waals surface area contributed by atoms with Crippen LogP contribution in [0.4, 0.5) is 23.7 Å². The minimum Gasteiger partial charge on any atom is -0.382 e. The maximum absolute atomic E-state index is 12.9. The van der Waals surface area contributed by atoms with Crippen molar-refractivity contribution in [3.8, 4) is 0 Å². The third-order valence-corrected chi connectivity index (χ3v) is 4.99. The van der Waals surface area contributed by atoms with E-state index in [2.05, 4.69) is 10.3 Å². The Labute approximate surface area is 168 Å². The molecule has 0 bridgehead atoms. The highest BCUT2D eigenvalue weighted by Gasteiger charge is 2.48. The zero-order valence-corrected chi connectivity index (χ0v) is 15.9. The zero-order valence-electron chi connectivity index (χ0n) is 15.1. The Hall–Kier alpha value is -3.08. The molecule has 1 atom stereocenters. The molecule has 3 rings (SSSR count). The highest BCUT2D eigenvalue weighted by atomic mass is 32.2. The number of nitrogens with zero attached hydrogens (tertiary/aromatic N) is 2. The van der Waals surface area contributed by atoms with Gasteiger partial charge < -0.3 is 11.1 Å². The van der Waals surface area contributed by atoms with E-state index in [0.717, 1.165) is 4.90 Å². The average Bonchev–Trinajstić information content (AvgIpc) is 2.83. The molecule has 1 saturated heterocycles. The fraction of sp³-hybridized carbons (Fsp3) is 0.222. The third kappa shape index (κ3) is 4.50. The second kappa shape index (κ2) is 7.39. The van der Waals surface area contributed by atoms with E-state index in [1.165, 1.54) is 30.5 Å². The van der Waals surface area contributed by atoms with Gasteiger partial charge in [-0.25, -0.2) is 9.69 Å². The van der Waals surface area contributed by atoms with Gasteiger partial charge in [-0.3, -0.25) is 15.2 Å². The fourth-order valence-electron chi connectivity index (χ4n) is 2.98.